The molecule has 0 unspecified atom stereocenters. The Balaban J connectivity index is 2.83. The molecule has 0 aliphatic heterocycles. The summed E-state index contributed by atoms with van der Waals surface area (Å²) in [5.74, 6) is -6.36. The van der Waals surface area contributed by atoms with Crippen LogP contribution in [-0.2, 0) is 0 Å². The van der Waals surface area contributed by atoms with Crippen molar-refractivity contribution < 1.29 is 17.6 Å². The van der Waals surface area contributed by atoms with Crippen molar-refractivity contribution in [2.75, 3.05) is 0 Å². The van der Waals surface area contributed by atoms with Crippen molar-refractivity contribution in [3.63, 3.8) is 0 Å². The SMILES string of the molecule is CC(C)c1nnc(Cl)n1-c1c(F)c(F)cc(F)c1F. The summed E-state index contributed by atoms with van der Waals surface area (Å²) in [6, 6.07) is 0.126. The summed E-state index contributed by atoms with van der Waals surface area (Å²) in [7, 11) is 0. The van der Waals surface area contributed by atoms with Crippen LogP contribution in [0.25, 0.3) is 5.69 Å². The second-order valence-corrected chi connectivity index (χ2v) is 4.47. The highest BCUT2D eigenvalue weighted by atomic mass is 35.5. The fourth-order valence-corrected chi connectivity index (χ4v) is 1.82. The third-order valence-electron chi connectivity index (χ3n) is 2.48. The van der Waals surface area contributed by atoms with Gasteiger partial charge in [0.25, 0.3) is 0 Å². The van der Waals surface area contributed by atoms with Gasteiger partial charge in [0.15, 0.2) is 23.3 Å². The van der Waals surface area contributed by atoms with E-state index in [0.717, 1.165) is 4.57 Å². The molecule has 0 aliphatic rings. The summed E-state index contributed by atoms with van der Waals surface area (Å²) in [4.78, 5) is 0. The van der Waals surface area contributed by atoms with E-state index in [4.69, 9.17) is 11.6 Å². The summed E-state index contributed by atoms with van der Waals surface area (Å²) in [6.45, 7) is 3.34. The Morgan fingerprint density at radius 3 is 2.05 bits per heavy atom. The van der Waals surface area contributed by atoms with Gasteiger partial charge in [0.05, 0.1) is 0 Å². The van der Waals surface area contributed by atoms with Crippen LogP contribution >= 0.6 is 11.6 Å². The van der Waals surface area contributed by atoms with Crippen LogP contribution in [0.5, 0.6) is 0 Å². The minimum Gasteiger partial charge on any atom is -0.263 e. The summed E-state index contributed by atoms with van der Waals surface area (Å²) >= 11 is 5.68. The second-order valence-electron chi connectivity index (χ2n) is 4.13. The van der Waals surface area contributed by atoms with E-state index in [0.29, 0.717) is 0 Å². The van der Waals surface area contributed by atoms with Gasteiger partial charge >= 0.3 is 0 Å². The first kappa shape index (κ1) is 13.8. The molecule has 0 fully saturated rings. The molecule has 0 saturated carbocycles. The van der Waals surface area contributed by atoms with E-state index in [1.165, 1.54) is 0 Å². The standard InChI is InChI=1S/C11H8ClF4N3/c1-4(2)10-17-18-11(12)19(10)9-7(15)5(13)3-6(14)8(9)16/h3-4H,1-2H3. The lowest BCUT2D eigenvalue weighted by molar-refractivity contribution is 0.446. The summed E-state index contributed by atoms with van der Waals surface area (Å²) in [5, 5.41) is 6.71. The number of rotatable bonds is 2. The van der Waals surface area contributed by atoms with Crippen LogP contribution in [0.1, 0.15) is 25.6 Å². The van der Waals surface area contributed by atoms with Gasteiger partial charge < -0.3 is 0 Å². The Hall–Kier alpha value is -1.63. The predicted molar refractivity (Wildman–Crippen MR) is 60.3 cm³/mol. The molecule has 2 aromatic rings. The van der Waals surface area contributed by atoms with Gasteiger partial charge in [-0.25, -0.2) is 17.6 Å². The molecule has 0 N–H and O–H groups in total. The van der Waals surface area contributed by atoms with Gasteiger partial charge in [0.1, 0.15) is 11.5 Å². The maximum atomic E-state index is 13.7. The number of nitrogens with zero attached hydrogens (tertiary/aromatic N) is 3. The maximum Gasteiger partial charge on any atom is 0.229 e. The molecule has 1 heterocycles. The van der Waals surface area contributed by atoms with Crippen molar-refractivity contribution in [1.29, 1.82) is 0 Å². The number of aromatic nitrogens is 3. The van der Waals surface area contributed by atoms with Gasteiger partial charge in [-0.2, -0.15) is 0 Å². The van der Waals surface area contributed by atoms with Crippen LogP contribution in [0, 0.1) is 23.3 Å². The Labute approximate surface area is 110 Å². The quantitative estimate of drug-likeness (QED) is 0.626. The van der Waals surface area contributed by atoms with Crippen LogP contribution < -0.4 is 0 Å². The molecule has 1 aromatic heterocycles. The van der Waals surface area contributed by atoms with Gasteiger partial charge in [-0.1, -0.05) is 13.8 Å². The second kappa shape index (κ2) is 4.80. The Kier molecular flexibility index (Phi) is 3.49. The molecule has 2 rings (SSSR count). The highest BCUT2D eigenvalue weighted by Crippen LogP contribution is 2.28. The smallest absolute Gasteiger partial charge is 0.229 e. The summed E-state index contributed by atoms with van der Waals surface area (Å²) < 4.78 is 54.6. The zero-order valence-corrected chi connectivity index (χ0v) is 10.6. The Bertz CT molecular complexity index is 613. The Morgan fingerprint density at radius 1 is 1.05 bits per heavy atom. The van der Waals surface area contributed by atoms with Crippen LogP contribution in [-0.4, -0.2) is 14.8 Å². The van der Waals surface area contributed by atoms with Gasteiger partial charge in [0.2, 0.25) is 5.28 Å². The molecular weight excluding hydrogens is 286 g/mol. The summed E-state index contributed by atoms with van der Waals surface area (Å²) in [5.41, 5.74) is -0.962. The van der Waals surface area contributed by atoms with Crippen molar-refractivity contribution in [2.45, 2.75) is 19.8 Å². The van der Waals surface area contributed by atoms with E-state index in [1.54, 1.807) is 13.8 Å². The Morgan fingerprint density at radius 2 is 1.58 bits per heavy atom. The van der Waals surface area contributed by atoms with Gasteiger partial charge in [-0.05, 0) is 11.6 Å². The van der Waals surface area contributed by atoms with Crippen LogP contribution in [0.4, 0.5) is 17.6 Å². The molecule has 0 aliphatic carbocycles. The van der Waals surface area contributed by atoms with E-state index in [1.807, 2.05) is 0 Å². The molecular formula is C11H8ClF4N3. The van der Waals surface area contributed by atoms with Crippen LogP contribution in [0.3, 0.4) is 0 Å². The van der Waals surface area contributed by atoms with E-state index >= 15 is 0 Å². The van der Waals surface area contributed by atoms with Crippen molar-refractivity contribution >= 4 is 11.6 Å². The predicted octanol–water partition coefficient (Wildman–Crippen LogP) is 3.60. The fourth-order valence-electron chi connectivity index (χ4n) is 1.61. The monoisotopic (exact) mass is 293 g/mol. The van der Waals surface area contributed by atoms with Crippen molar-refractivity contribution in [1.82, 2.24) is 14.8 Å². The van der Waals surface area contributed by atoms with Gasteiger partial charge in [0, 0.05) is 12.0 Å². The zero-order valence-electron chi connectivity index (χ0n) is 9.89. The molecule has 8 heteroatoms. The highest BCUT2D eigenvalue weighted by molar-refractivity contribution is 6.28. The van der Waals surface area contributed by atoms with Crippen molar-refractivity contribution in [3.05, 3.63) is 40.4 Å². The first-order valence-electron chi connectivity index (χ1n) is 5.28. The van der Waals surface area contributed by atoms with E-state index in [2.05, 4.69) is 10.2 Å². The maximum absolute atomic E-state index is 13.7. The first-order chi connectivity index (χ1) is 8.84. The average Bonchev–Trinajstić information content (AvgIpc) is 2.70. The van der Waals surface area contributed by atoms with Crippen LogP contribution in [0.2, 0.25) is 5.28 Å². The molecule has 0 radical (unpaired) electrons. The van der Waals surface area contributed by atoms with E-state index in [-0.39, 0.29) is 23.1 Å². The van der Waals surface area contributed by atoms with Gasteiger partial charge in [-0.3, -0.25) is 4.57 Å². The lowest BCUT2D eigenvalue weighted by Gasteiger charge is -2.12. The molecule has 3 nitrogen and oxygen atoms in total. The fraction of sp³-hybridized carbons (Fsp3) is 0.273. The third kappa shape index (κ3) is 2.18. The largest absolute Gasteiger partial charge is 0.263 e. The summed E-state index contributed by atoms with van der Waals surface area (Å²) in [6.07, 6.45) is 0. The third-order valence-corrected chi connectivity index (χ3v) is 2.72. The number of benzene rings is 1. The van der Waals surface area contributed by atoms with Crippen molar-refractivity contribution in [3.8, 4) is 5.69 Å². The normalized spacial score (nSPS) is 11.4. The molecule has 1 aromatic carbocycles. The lowest BCUT2D eigenvalue weighted by atomic mass is 10.2. The van der Waals surface area contributed by atoms with E-state index in [9.17, 15) is 17.6 Å². The number of hydrogen-bond donors (Lipinski definition) is 0. The molecule has 0 spiro atoms. The molecule has 102 valence electrons. The molecule has 0 saturated heterocycles. The minimum atomic E-state index is -1.55. The zero-order chi connectivity index (χ0) is 14.3. The molecule has 0 bridgehead atoms. The highest BCUT2D eigenvalue weighted by Gasteiger charge is 2.26. The average molecular weight is 294 g/mol. The number of halogens is 5. The molecule has 0 atom stereocenters. The molecule has 0 amide bonds. The van der Waals surface area contributed by atoms with Crippen LogP contribution in [0.15, 0.2) is 6.07 Å². The number of hydrogen-bond acceptors (Lipinski definition) is 2. The van der Waals surface area contributed by atoms with E-state index < -0.39 is 29.0 Å². The van der Waals surface area contributed by atoms with Gasteiger partial charge in [-0.15, -0.1) is 10.2 Å². The molecule has 19 heavy (non-hydrogen) atoms. The lowest BCUT2D eigenvalue weighted by Crippen LogP contribution is -2.10. The first-order valence-corrected chi connectivity index (χ1v) is 5.66. The topological polar surface area (TPSA) is 30.7 Å². The minimum absolute atomic E-state index is 0.0906. The van der Waals surface area contributed by atoms with Crippen molar-refractivity contribution in [2.24, 2.45) is 0 Å².